The molecule has 0 saturated carbocycles. The number of anilines is 1. The fourth-order valence-corrected chi connectivity index (χ4v) is 2.46. The molecule has 0 atom stereocenters. The van der Waals surface area contributed by atoms with Crippen molar-refractivity contribution in [2.45, 2.75) is 6.92 Å². The summed E-state index contributed by atoms with van der Waals surface area (Å²) in [4.78, 5) is 21.9. The second kappa shape index (κ2) is 6.69. The molecule has 0 bridgehead atoms. The van der Waals surface area contributed by atoms with Crippen molar-refractivity contribution in [3.63, 3.8) is 0 Å². The molecule has 2 aromatic rings. The summed E-state index contributed by atoms with van der Waals surface area (Å²) >= 11 is 1.25. The zero-order valence-electron chi connectivity index (χ0n) is 11.5. The van der Waals surface area contributed by atoms with E-state index >= 15 is 0 Å². The number of thiophene rings is 1. The Hall–Kier alpha value is -2.92. The third-order valence-corrected chi connectivity index (χ3v) is 3.60. The van der Waals surface area contributed by atoms with Gasteiger partial charge < -0.3 is 10.1 Å². The number of hydrogen-bond donors (Lipinski definition) is 1. The number of rotatable bonds is 5. The Morgan fingerprint density at radius 3 is 2.91 bits per heavy atom. The molecule has 1 N–H and O–H groups in total. The Morgan fingerprint density at radius 1 is 1.50 bits per heavy atom. The molecule has 2 rings (SSSR count). The van der Waals surface area contributed by atoms with Gasteiger partial charge in [-0.3, -0.25) is 14.9 Å². The molecule has 1 heterocycles. The van der Waals surface area contributed by atoms with E-state index in [0.29, 0.717) is 21.9 Å². The molecule has 112 valence electrons. The second-order valence-electron chi connectivity index (χ2n) is 4.32. The van der Waals surface area contributed by atoms with Gasteiger partial charge in [0.1, 0.15) is 16.8 Å². The molecular weight excluding hydrogens is 306 g/mol. The van der Waals surface area contributed by atoms with Gasteiger partial charge in [0, 0.05) is 12.1 Å². The summed E-state index contributed by atoms with van der Waals surface area (Å²) < 4.78 is 5.34. The maximum absolute atomic E-state index is 11.8. The SMILES string of the molecule is Cc1cc([N+](=O)[O-])ccc1OCC(=O)Nc1sccc1C#N. The Balaban J connectivity index is 1.97. The first-order chi connectivity index (χ1) is 10.5. The molecule has 0 aliphatic carbocycles. The number of carbonyl (C=O) groups excluding carboxylic acids is 1. The molecule has 0 aliphatic rings. The maximum atomic E-state index is 11.8. The number of hydrogen-bond acceptors (Lipinski definition) is 6. The lowest BCUT2D eigenvalue weighted by molar-refractivity contribution is -0.384. The number of amides is 1. The highest BCUT2D eigenvalue weighted by Gasteiger charge is 2.12. The van der Waals surface area contributed by atoms with Crippen LogP contribution in [0.25, 0.3) is 0 Å². The Kier molecular flexibility index (Phi) is 4.70. The van der Waals surface area contributed by atoms with Gasteiger partial charge in [-0.1, -0.05) is 0 Å². The number of aryl methyl sites for hydroxylation is 1. The summed E-state index contributed by atoms with van der Waals surface area (Å²) in [6.45, 7) is 1.41. The lowest BCUT2D eigenvalue weighted by Crippen LogP contribution is -2.20. The van der Waals surface area contributed by atoms with Crippen molar-refractivity contribution in [2.24, 2.45) is 0 Å². The van der Waals surface area contributed by atoms with Gasteiger partial charge >= 0.3 is 0 Å². The van der Waals surface area contributed by atoms with E-state index in [0.717, 1.165) is 0 Å². The first-order valence-corrected chi connectivity index (χ1v) is 7.04. The molecule has 0 radical (unpaired) electrons. The quantitative estimate of drug-likeness (QED) is 0.674. The normalized spacial score (nSPS) is 9.82. The van der Waals surface area contributed by atoms with Crippen LogP contribution in [0.2, 0.25) is 0 Å². The minimum Gasteiger partial charge on any atom is -0.483 e. The van der Waals surface area contributed by atoms with Gasteiger partial charge in [0.05, 0.1) is 10.5 Å². The van der Waals surface area contributed by atoms with Gasteiger partial charge in [0.2, 0.25) is 0 Å². The van der Waals surface area contributed by atoms with Crippen LogP contribution in [0.15, 0.2) is 29.6 Å². The first kappa shape index (κ1) is 15.5. The number of ether oxygens (including phenoxy) is 1. The van der Waals surface area contributed by atoms with Crippen molar-refractivity contribution in [1.82, 2.24) is 0 Å². The number of nitrogens with one attached hydrogen (secondary N) is 1. The fraction of sp³-hybridized carbons (Fsp3) is 0.143. The summed E-state index contributed by atoms with van der Waals surface area (Å²) in [5.41, 5.74) is 0.923. The van der Waals surface area contributed by atoms with E-state index in [1.807, 2.05) is 6.07 Å². The molecule has 8 heteroatoms. The Labute approximate surface area is 129 Å². The summed E-state index contributed by atoms with van der Waals surface area (Å²) in [6.07, 6.45) is 0. The molecule has 0 unspecified atom stereocenters. The lowest BCUT2D eigenvalue weighted by Gasteiger charge is -2.08. The monoisotopic (exact) mass is 317 g/mol. The van der Waals surface area contributed by atoms with Crippen molar-refractivity contribution in [3.8, 4) is 11.8 Å². The molecule has 7 nitrogen and oxygen atoms in total. The van der Waals surface area contributed by atoms with Gasteiger partial charge in [0.15, 0.2) is 6.61 Å². The molecule has 1 aromatic heterocycles. The highest BCUT2D eigenvalue weighted by molar-refractivity contribution is 7.14. The number of benzene rings is 1. The molecule has 1 aromatic carbocycles. The van der Waals surface area contributed by atoms with E-state index in [1.54, 1.807) is 18.4 Å². The van der Waals surface area contributed by atoms with E-state index in [1.165, 1.54) is 29.5 Å². The molecule has 22 heavy (non-hydrogen) atoms. The Bertz CT molecular complexity index is 764. The average Bonchev–Trinajstić information content (AvgIpc) is 2.92. The third kappa shape index (κ3) is 3.59. The maximum Gasteiger partial charge on any atom is 0.269 e. The molecule has 0 fully saturated rings. The zero-order chi connectivity index (χ0) is 16.1. The lowest BCUT2D eigenvalue weighted by atomic mass is 10.2. The van der Waals surface area contributed by atoms with Gasteiger partial charge in [-0.05, 0) is 30.0 Å². The summed E-state index contributed by atoms with van der Waals surface area (Å²) in [6, 6.07) is 7.72. The smallest absolute Gasteiger partial charge is 0.269 e. The van der Waals surface area contributed by atoms with Crippen molar-refractivity contribution in [1.29, 1.82) is 5.26 Å². The van der Waals surface area contributed by atoms with Crippen molar-refractivity contribution in [3.05, 3.63) is 50.9 Å². The molecule has 1 amide bonds. The summed E-state index contributed by atoms with van der Waals surface area (Å²) in [7, 11) is 0. The van der Waals surface area contributed by atoms with Crippen LogP contribution in [0.3, 0.4) is 0 Å². The largest absolute Gasteiger partial charge is 0.483 e. The van der Waals surface area contributed by atoms with Gasteiger partial charge in [-0.25, -0.2) is 0 Å². The van der Waals surface area contributed by atoms with E-state index in [4.69, 9.17) is 10.00 Å². The molecule has 0 spiro atoms. The standard InChI is InChI=1S/C14H11N3O4S/c1-9-6-11(17(19)20)2-3-12(9)21-8-13(18)16-14-10(7-15)4-5-22-14/h2-6H,8H2,1H3,(H,16,18). The summed E-state index contributed by atoms with van der Waals surface area (Å²) in [5, 5.41) is 24.3. The number of nitriles is 1. The fourth-order valence-electron chi connectivity index (χ4n) is 1.71. The third-order valence-electron chi connectivity index (χ3n) is 2.77. The number of non-ortho nitro benzene ring substituents is 1. The topological polar surface area (TPSA) is 105 Å². The summed E-state index contributed by atoms with van der Waals surface area (Å²) in [5.74, 6) is -0.0101. The van der Waals surface area contributed by atoms with Crippen LogP contribution >= 0.6 is 11.3 Å². The number of nitro benzene ring substituents is 1. The van der Waals surface area contributed by atoms with Gasteiger partial charge in [-0.2, -0.15) is 5.26 Å². The average molecular weight is 317 g/mol. The van der Waals surface area contributed by atoms with E-state index < -0.39 is 10.8 Å². The number of nitrogens with zero attached hydrogens (tertiary/aromatic N) is 2. The predicted octanol–water partition coefficient (Wildman–Crippen LogP) is 2.85. The minimum atomic E-state index is -0.496. The Morgan fingerprint density at radius 2 is 2.27 bits per heavy atom. The minimum absolute atomic E-state index is 0.0356. The number of nitro groups is 1. The van der Waals surface area contributed by atoms with Crippen LogP contribution in [-0.2, 0) is 4.79 Å². The van der Waals surface area contributed by atoms with Gasteiger partial charge in [0.25, 0.3) is 11.6 Å². The van der Waals surface area contributed by atoms with Gasteiger partial charge in [-0.15, -0.1) is 11.3 Å². The van der Waals surface area contributed by atoms with E-state index in [9.17, 15) is 14.9 Å². The van der Waals surface area contributed by atoms with Crippen LogP contribution in [0.1, 0.15) is 11.1 Å². The molecule has 0 saturated heterocycles. The zero-order valence-corrected chi connectivity index (χ0v) is 12.3. The number of carbonyl (C=O) groups is 1. The predicted molar refractivity (Wildman–Crippen MR) is 81.0 cm³/mol. The van der Waals surface area contributed by atoms with Crippen LogP contribution in [-0.4, -0.2) is 17.4 Å². The van der Waals surface area contributed by atoms with Crippen LogP contribution in [0, 0.1) is 28.4 Å². The van der Waals surface area contributed by atoms with E-state index in [2.05, 4.69) is 5.32 Å². The second-order valence-corrected chi connectivity index (χ2v) is 5.24. The van der Waals surface area contributed by atoms with Crippen molar-refractivity contribution in [2.75, 3.05) is 11.9 Å². The van der Waals surface area contributed by atoms with Crippen molar-refractivity contribution >= 4 is 27.9 Å². The van der Waals surface area contributed by atoms with Crippen molar-refractivity contribution < 1.29 is 14.5 Å². The molecule has 0 aliphatic heterocycles. The van der Waals surface area contributed by atoms with Crippen LogP contribution < -0.4 is 10.1 Å². The molecular formula is C14H11N3O4S. The van der Waals surface area contributed by atoms with E-state index in [-0.39, 0.29) is 12.3 Å². The van der Waals surface area contributed by atoms with Crippen LogP contribution in [0.4, 0.5) is 10.7 Å². The first-order valence-electron chi connectivity index (χ1n) is 6.16. The van der Waals surface area contributed by atoms with Crippen LogP contribution in [0.5, 0.6) is 5.75 Å². The highest BCUT2D eigenvalue weighted by Crippen LogP contribution is 2.24. The highest BCUT2D eigenvalue weighted by atomic mass is 32.1.